The van der Waals surface area contributed by atoms with Crippen LogP contribution in [0.4, 0.5) is 0 Å². The smallest absolute Gasteiger partial charge is 0.346 e. The summed E-state index contributed by atoms with van der Waals surface area (Å²) in [7, 11) is 1.34. The van der Waals surface area contributed by atoms with Crippen molar-refractivity contribution >= 4 is 32.8 Å². The Labute approximate surface area is 119 Å². The van der Waals surface area contributed by atoms with Crippen molar-refractivity contribution in [1.29, 1.82) is 0 Å². The highest BCUT2D eigenvalue weighted by molar-refractivity contribution is 9.10. The summed E-state index contributed by atoms with van der Waals surface area (Å²) < 4.78 is 11.0. The van der Waals surface area contributed by atoms with Crippen molar-refractivity contribution in [1.82, 2.24) is 4.98 Å². The molecule has 0 fully saturated rings. The third-order valence-electron chi connectivity index (χ3n) is 2.75. The van der Waals surface area contributed by atoms with Crippen molar-refractivity contribution in [2.45, 2.75) is 20.0 Å². The Bertz CT molecular complexity index is 627. The summed E-state index contributed by atoms with van der Waals surface area (Å²) in [6.07, 6.45) is -0.655. The number of methoxy groups -OCH3 is 1. The van der Waals surface area contributed by atoms with Crippen LogP contribution in [0.5, 0.6) is 5.75 Å². The molecule has 0 aliphatic heterocycles. The number of carbonyl (C=O) groups excluding carboxylic acids is 1. The van der Waals surface area contributed by atoms with Gasteiger partial charge in [0.05, 0.1) is 17.1 Å². The standard InChI is InChI=1S/C14H14BrNO3/c1-8-4-5-10-11(16-8)6-7-12(13(10)15)19-9(2)14(17)18-3/h4-7,9H,1-3H3. The summed E-state index contributed by atoms with van der Waals surface area (Å²) in [4.78, 5) is 15.8. The van der Waals surface area contributed by atoms with E-state index in [1.807, 2.05) is 25.1 Å². The van der Waals surface area contributed by atoms with Gasteiger partial charge in [-0.25, -0.2) is 4.79 Å². The third kappa shape index (κ3) is 2.87. The van der Waals surface area contributed by atoms with Gasteiger partial charge in [-0.3, -0.25) is 4.98 Å². The fourth-order valence-electron chi connectivity index (χ4n) is 1.75. The van der Waals surface area contributed by atoms with Gasteiger partial charge in [0, 0.05) is 11.1 Å². The lowest BCUT2D eigenvalue weighted by molar-refractivity contribution is -0.147. The number of carbonyl (C=O) groups is 1. The number of aromatic nitrogens is 1. The first-order chi connectivity index (χ1) is 9.02. The topological polar surface area (TPSA) is 48.4 Å². The number of fused-ring (bicyclic) bond motifs is 1. The zero-order chi connectivity index (χ0) is 14.0. The highest BCUT2D eigenvalue weighted by Gasteiger charge is 2.17. The van der Waals surface area contributed by atoms with Crippen molar-refractivity contribution in [2.75, 3.05) is 7.11 Å². The molecule has 0 N–H and O–H groups in total. The molecule has 1 unspecified atom stereocenters. The maximum atomic E-state index is 11.4. The minimum Gasteiger partial charge on any atom is -0.478 e. The molecule has 0 aliphatic carbocycles. The van der Waals surface area contributed by atoms with Crippen LogP contribution in [0.1, 0.15) is 12.6 Å². The maximum absolute atomic E-state index is 11.4. The molecule has 0 bridgehead atoms. The Morgan fingerprint density at radius 3 is 2.74 bits per heavy atom. The highest BCUT2D eigenvalue weighted by atomic mass is 79.9. The van der Waals surface area contributed by atoms with E-state index in [1.54, 1.807) is 13.0 Å². The molecule has 2 aromatic rings. The Morgan fingerprint density at radius 1 is 1.32 bits per heavy atom. The molecule has 0 saturated heterocycles. The van der Waals surface area contributed by atoms with Crippen LogP contribution in [-0.4, -0.2) is 24.2 Å². The summed E-state index contributed by atoms with van der Waals surface area (Å²) in [5, 5.41) is 0.945. The number of halogens is 1. The second kappa shape index (κ2) is 5.57. The number of esters is 1. The van der Waals surface area contributed by atoms with E-state index < -0.39 is 12.1 Å². The van der Waals surface area contributed by atoms with Crippen molar-refractivity contribution in [2.24, 2.45) is 0 Å². The number of hydrogen-bond donors (Lipinski definition) is 0. The number of benzene rings is 1. The average molecular weight is 324 g/mol. The average Bonchev–Trinajstić information content (AvgIpc) is 2.40. The van der Waals surface area contributed by atoms with Crippen LogP contribution in [-0.2, 0) is 9.53 Å². The molecular weight excluding hydrogens is 310 g/mol. The first kappa shape index (κ1) is 13.8. The SMILES string of the molecule is COC(=O)C(C)Oc1ccc2nc(C)ccc2c1Br. The van der Waals surface area contributed by atoms with E-state index in [0.29, 0.717) is 5.75 Å². The van der Waals surface area contributed by atoms with Crippen LogP contribution in [0.15, 0.2) is 28.7 Å². The van der Waals surface area contributed by atoms with Crippen LogP contribution in [0.25, 0.3) is 10.9 Å². The molecule has 5 heteroatoms. The van der Waals surface area contributed by atoms with Gasteiger partial charge in [0.15, 0.2) is 6.10 Å². The third-order valence-corrected chi connectivity index (χ3v) is 3.56. The fourth-order valence-corrected chi connectivity index (χ4v) is 2.31. The molecule has 0 spiro atoms. The van der Waals surface area contributed by atoms with E-state index in [0.717, 1.165) is 21.1 Å². The quantitative estimate of drug-likeness (QED) is 0.813. The molecule has 2 rings (SSSR count). The van der Waals surface area contributed by atoms with E-state index in [4.69, 9.17) is 4.74 Å². The van der Waals surface area contributed by atoms with Gasteiger partial charge in [0.25, 0.3) is 0 Å². The van der Waals surface area contributed by atoms with Gasteiger partial charge >= 0.3 is 5.97 Å². The summed E-state index contributed by atoms with van der Waals surface area (Å²) in [5.41, 5.74) is 1.83. The lowest BCUT2D eigenvalue weighted by Gasteiger charge is -2.14. The molecule has 0 saturated carbocycles. The lowest BCUT2D eigenvalue weighted by atomic mass is 10.2. The summed E-state index contributed by atoms with van der Waals surface area (Å²) >= 11 is 3.49. The van der Waals surface area contributed by atoms with E-state index in [-0.39, 0.29) is 0 Å². The Balaban J connectivity index is 2.38. The normalized spacial score (nSPS) is 12.2. The van der Waals surface area contributed by atoms with E-state index in [1.165, 1.54) is 7.11 Å². The Morgan fingerprint density at radius 2 is 2.05 bits per heavy atom. The van der Waals surface area contributed by atoms with Crippen LogP contribution < -0.4 is 4.74 Å². The maximum Gasteiger partial charge on any atom is 0.346 e. The first-order valence-electron chi connectivity index (χ1n) is 5.83. The second-order valence-corrected chi connectivity index (χ2v) is 4.97. The summed E-state index contributed by atoms with van der Waals surface area (Å²) in [6.45, 7) is 3.59. The fraction of sp³-hybridized carbons (Fsp3) is 0.286. The monoisotopic (exact) mass is 323 g/mol. The zero-order valence-electron chi connectivity index (χ0n) is 10.9. The molecule has 1 atom stereocenters. The van der Waals surface area contributed by atoms with Crippen molar-refractivity contribution < 1.29 is 14.3 Å². The minimum atomic E-state index is -0.655. The lowest BCUT2D eigenvalue weighted by Crippen LogP contribution is -2.25. The Kier molecular flexibility index (Phi) is 4.04. The molecule has 1 heterocycles. The molecular formula is C14H14BrNO3. The number of hydrogen-bond acceptors (Lipinski definition) is 4. The summed E-state index contributed by atoms with van der Waals surface area (Å²) in [5.74, 6) is 0.185. The molecule has 4 nitrogen and oxygen atoms in total. The van der Waals surface area contributed by atoms with Crippen LogP contribution >= 0.6 is 15.9 Å². The second-order valence-electron chi connectivity index (χ2n) is 4.18. The first-order valence-corrected chi connectivity index (χ1v) is 6.62. The van der Waals surface area contributed by atoms with E-state index in [2.05, 4.69) is 25.7 Å². The summed E-state index contributed by atoms with van der Waals surface area (Å²) in [6, 6.07) is 7.56. The van der Waals surface area contributed by atoms with Gasteiger partial charge in [-0.05, 0) is 54.0 Å². The van der Waals surface area contributed by atoms with Crippen molar-refractivity contribution in [3.8, 4) is 5.75 Å². The van der Waals surface area contributed by atoms with Crippen molar-refractivity contribution in [3.05, 3.63) is 34.4 Å². The largest absolute Gasteiger partial charge is 0.478 e. The molecule has 0 radical (unpaired) electrons. The minimum absolute atomic E-state index is 0.408. The number of pyridine rings is 1. The Hall–Kier alpha value is -1.62. The highest BCUT2D eigenvalue weighted by Crippen LogP contribution is 2.33. The molecule has 1 aromatic carbocycles. The number of rotatable bonds is 3. The van der Waals surface area contributed by atoms with Gasteiger partial charge in [0.2, 0.25) is 0 Å². The number of ether oxygens (including phenoxy) is 2. The van der Waals surface area contributed by atoms with Gasteiger partial charge in [-0.2, -0.15) is 0 Å². The van der Waals surface area contributed by atoms with Crippen molar-refractivity contribution in [3.63, 3.8) is 0 Å². The number of nitrogens with zero attached hydrogens (tertiary/aromatic N) is 1. The zero-order valence-corrected chi connectivity index (χ0v) is 12.5. The van der Waals surface area contributed by atoms with E-state index >= 15 is 0 Å². The molecule has 0 amide bonds. The predicted octanol–water partition coefficient (Wildman–Crippen LogP) is 3.25. The molecule has 100 valence electrons. The predicted molar refractivity (Wildman–Crippen MR) is 76.3 cm³/mol. The molecule has 1 aromatic heterocycles. The van der Waals surface area contributed by atoms with Gasteiger partial charge < -0.3 is 9.47 Å². The van der Waals surface area contributed by atoms with Crippen LogP contribution in [0.3, 0.4) is 0 Å². The van der Waals surface area contributed by atoms with Crippen LogP contribution in [0.2, 0.25) is 0 Å². The van der Waals surface area contributed by atoms with E-state index in [9.17, 15) is 4.79 Å². The molecule has 0 aliphatic rings. The van der Waals surface area contributed by atoms with Gasteiger partial charge in [-0.15, -0.1) is 0 Å². The van der Waals surface area contributed by atoms with Gasteiger partial charge in [-0.1, -0.05) is 0 Å². The molecule has 19 heavy (non-hydrogen) atoms. The van der Waals surface area contributed by atoms with Gasteiger partial charge in [0.1, 0.15) is 5.75 Å². The van der Waals surface area contributed by atoms with Crippen LogP contribution in [0, 0.1) is 6.92 Å². The number of aryl methyl sites for hydroxylation is 1.